The summed E-state index contributed by atoms with van der Waals surface area (Å²) in [5.74, 6) is 0.895. The smallest absolute Gasteiger partial charge is 0.313 e. The van der Waals surface area contributed by atoms with Gasteiger partial charge in [0.25, 0.3) is 0 Å². The van der Waals surface area contributed by atoms with E-state index in [1.165, 1.54) is 0 Å². The lowest BCUT2D eigenvalue weighted by Crippen LogP contribution is -2.43. The van der Waals surface area contributed by atoms with E-state index in [0.717, 1.165) is 22.4 Å². The summed E-state index contributed by atoms with van der Waals surface area (Å²) in [5.41, 5.74) is 0.613. The Kier molecular flexibility index (Phi) is 4.87. The summed E-state index contributed by atoms with van der Waals surface area (Å²) in [5, 5.41) is 2.62. The molecule has 1 N–H and O–H groups in total. The number of halogens is 1. The minimum atomic E-state index is -0.586. The first-order valence-corrected chi connectivity index (χ1v) is 7.94. The zero-order valence-electron chi connectivity index (χ0n) is 10.6. The number of hydrogen-bond donors (Lipinski definition) is 1. The minimum absolute atomic E-state index is 0.172. The number of carbonyl (C=O) groups excluding carboxylic acids is 2. The molecule has 102 valence electrons. The van der Waals surface area contributed by atoms with Crippen molar-refractivity contribution in [2.45, 2.75) is 12.5 Å². The van der Waals surface area contributed by atoms with E-state index in [4.69, 9.17) is 0 Å². The Morgan fingerprint density at radius 3 is 2.89 bits per heavy atom. The molecule has 0 aromatic heterocycles. The maximum Gasteiger partial charge on any atom is 0.313 e. The van der Waals surface area contributed by atoms with Crippen molar-refractivity contribution in [1.29, 1.82) is 0 Å². The average molecular weight is 343 g/mol. The second-order valence-electron chi connectivity index (χ2n) is 4.40. The molecule has 1 heterocycles. The van der Waals surface area contributed by atoms with Crippen molar-refractivity contribution in [2.75, 3.05) is 23.9 Å². The number of carbonyl (C=O) groups is 2. The summed E-state index contributed by atoms with van der Waals surface area (Å²) in [7, 11) is 1.69. The number of likely N-dealkylation sites (N-methyl/N-ethyl adjacent to an activating group) is 1. The largest absolute Gasteiger partial charge is 0.334 e. The molecular formula is C13H15BrN2O2S. The van der Waals surface area contributed by atoms with E-state index in [0.29, 0.717) is 5.69 Å². The molecule has 0 radical (unpaired) electrons. The highest BCUT2D eigenvalue weighted by Crippen LogP contribution is 2.21. The van der Waals surface area contributed by atoms with Crippen molar-refractivity contribution >= 4 is 45.2 Å². The predicted octanol–water partition coefficient (Wildman–Crippen LogP) is 2.35. The molecule has 1 aromatic carbocycles. The second kappa shape index (κ2) is 6.43. The number of anilines is 1. The third-order valence-corrected chi connectivity index (χ3v) is 4.69. The number of thioether (sulfide) groups is 1. The molecule has 1 aromatic rings. The number of hydrogen-bond acceptors (Lipinski definition) is 3. The SMILES string of the molecule is CN(C(=O)C(=O)Nc1cccc(Br)c1)C1CCSC1. The molecule has 1 aliphatic rings. The van der Waals surface area contributed by atoms with Crippen LogP contribution < -0.4 is 5.32 Å². The Balaban J connectivity index is 1.97. The van der Waals surface area contributed by atoms with E-state index >= 15 is 0 Å². The van der Waals surface area contributed by atoms with Crippen LogP contribution in [0.25, 0.3) is 0 Å². The summed E-state index contributed by atoms with van der Waals surface area (Å²) in [6.07, 6.45) is 0.955. The molecule has 2 rings (SSSR count). The van der Waals surface area contributed by atoms with Gasteiger partial charge in [0.15, 0.2) is 0 Å². The van der Waals surface area contributed by atoms with Crippen LogP contribution in [-0.2, 0) is 9.59 Å². The summed E-state index contributed by atoms with van der Waals surface area (Å²) in [4.78, 5) is 25.5. The van der Waals surface area contributed by atoms with E-state index in [-0.39, 0.29) is 6.04 Å². The van der Waals surface area contributed by atoms with Gasteiger partial charge in [-0.2, -0.15) is 11.8 Å². The van der Waals surface area contributed by atoms with Crippen molar-refractivity contribution in [3.63, 3.8) is 0 Å². The molecule has 2 amide bonds. The standard InChI is InChI=1S/C13H15BrN2O2S/c1-16(11-5-6-19-8-11)13(18)12(17)15-10-4-2-3-9(14)7-10/h2-4,7,11H,5-6,8H2,1H3,(H,15,17). The van der Waals surface area contributed by atoms with Gasteiger partial charge >= 0.3 is 11.8 Å². The molecule has 1 aliphatic heterocycles. The number of amides is 2. The molecule has 0 saturated carbocycles. The maximum absolute atomic E-state index is 12.0. The summed E-state index contributed by atoms with van der Waals surface area (Å²) < 4.78 is 0.860. The molecule has 1 atom stereocenters. The Morgan fingerprint density at radius 2 is 2.26 bits per heavy atom. The van der Waals surface area contributed by atoms with Crippen LogP contribution in [0.3, 0.4) is 0 Å². The highest BCUT2D eigenvalue weighted by Gasteiger charge is 2.27. The molecule has 0 spiro atoms. The van der Waals surface area contributed by atoms with Gasteiger partial charge in [-0.1, -0.05) is 22.0 Å². The quantitative estimate of drug-likeness (QED) is 0.839. The Morgan fingerprint density at radius 1 is 1.47 bits per heavy atom. The van der Waals surface area contributed by atoms with Gasteiger partial charge in [-0.3, -0.25) is 9.59 Å². The first kappa shape index (κ1) is 14.4. The van der Waals surface area contributed by atoms with Crippen LogP contribution in [0.1, 0.15) is 6.42 Å². The van der Waals surface area contributed by atoms with Gasteiger partial charge in [0.05, 0.1) is 0 Å². The number of nitrogens with one attached hydrogen (secondary N) is 1. The zero-order valence-corrected chi connectivity index (χ0v) is 13.0. The molecule has 4 nitrogen and oxygen atoms in total. The van der Waals surface area contributed by atoms with E-state index in [1.807, 2.05) is 23.9 Å². The van der Waals surface area contributed by atoms with Gasteiger partial charge in [-0.15, -0.1) is 0 Å². The van der Waals surface area contributed by atoms with Crippen molar-refractivity contribution in [3.05, 3.63) is 28.7 Å². The molecule has 6 heteroatoms. The molecule has 0 bridgehead atoms. The van der Waals surface area contributed by atoms with Crippen molar-refractivity contribution in [2.24, 2.45) is 0 Å². The van der Waals surface area contributed by atoms with Crippen molar-refractivity contribution in [1.82, 2.24) is 4.90 Å². The van der Waals surface area contributed by atoms with Gasteiger partial charge in [0.2, 0.25) is 0 Å². The van der Waals surface area contributed by atoms with Gasteiger partial charge in [-0.25, -0.2) is 0 Å². The first-order chi connectivity index (χ1) is 9.08. The van der Waals surface area contributed by atoms with E-state index in [9.17, 15) is 9.59 Å². The van der Waals surface area contributed by atoms with Gasteiger partial charge < -0.3 is 10.2 Å². The van der Waals surface area contributed by atoms with Crippen LogP contribution in [0.5, 0.6) is 0 Å². The highest BCUT2D eigenvalue weighted by molar-refractivity contribution is 9.10. The van der Waals surface area contributed by atoms with Crippen LogP contribution in [-0.4, -0.2) is 41.3 Å². The molecule has 19 heavy (non-hydrogen) atoms. The number of rotatable bonds is 2. The first-order valence-electron chi connectivity index (χ1n) is 5.99. The predicted molar refractivity (Wildman–Crippen MR) is 81.3 cm³/mol. The molecule has 1 saturated heterocycles. The fourth-order valence-corrected chi connectivity index (χ4v) is 3.57. The Labute approximate surface area is 125 Å². The van der Waals surface area contributed by atoms with Crippen LogP contribution in [0.2, 0.25) is 0 Å². The van der Waals surface area contributed by atoms with Gasteiger partial charge in [0.1, 0.15) is 0 Å². The summed E-state index contributed by atoms with van der Waals surface area (Å²) >= 11 is 5.14. The van der Waals surface area contributed by atoms with Gasteiger partial charge in [-0.05, 0) is 30.4 Å². The molecule has 1 unspecified atom stereocenters. The number of benzene rings is 1. The lowest BCUT2D eigenvalue weighted by Gasteiger charge is -2.22. The van der Waals surface area contributed by atoms with E-state index in [1.54, 1.807) is 24.1 Å². The summed E-state index contributed by atoms with van der Waals surface area (Å²) in [6.45, 7) is 0. The van der Waals surface area contributed by atoms with Crippen LogP contribution in [0, 0.1) is 0 Å². The van der Waals surface area contributed by atoms with Crippen LogP contribution in [0.4, 0.5) is 5.69 Å². The molecular weight excluding hydrogens is 328 g/mol. The lowest BCUT2D eigenvalue weighted by atomic mass is 10.2. The Hall–Kier alpha value is -1.01. The van der Waals surface area contributed by atoms with Crippen LogP contribution in [0.15, 0.2) is 28.7 Å². The summed E-state index contributed by atoms with van der Waals surface area (Å²) in [6, 6.07) is 7.35. The Bertz CT molecular complexity index is 489. The fraction of sp³-hybridized carbons (Fsp3) is 0.385. The zero-order chi connectivity index (χ0) is 13.8. The van der Waals surface area contributed by atoms with E-state index in [2.05, 4.69) is 21.2 Å². The fourth-order valence-electron chi connectivity index (χ4n) is 1.90. The number of nitrogens with zero attached hydrogens (tertiary/aromatic N) is 1. The third-order valence-electron chi connectivity index (χ3n) is 3.05. The van der Waals surface area contributed by atoms with Crippen molar-refractivity contribution < 1.29 is 9.59 Å². The van der Waals surface area contributed by atoms with Gasteiger partial charge in [0, 0.05) is 29.0 Å². The monoisotopic (exact) mass is 342 g/mol. The second-order valence-corrected chi connectivity index (χ2v) is 6.46. The normalized spacial score (nSPS) is 18.1. The average Bonchev–Trinajstić information content (AvgIpc) is 2.90. The molecule has 0 aliphatic carbocycles. The van der Waals surface area contributed by atoms with Crippen molar-refractivity contribution in [3.8, 4) is 0 Å². The van der Waals surface area contributed by atoms with Crippen LogP contribution >= 0.6 is 27.7 Å². The van der Waals surface area contributed by atoms with E-state index < -0.39 is 11.8 Å². The lowest BCUT2D eigenvalue weighted by molar-refractivity contribution is -0.143. The topological polar surface area (TPSA) is 49.4 Å². The highest BCUT2D eigenvalue weighted by atomic mass is 79.9. The maximum atomic E-state index is 12.0. The molecule has 1 fully saturated rings. The minimum Gasteiger partial charge on any atom is -0.334 e. The third kappa shape index (κ3) is 3.73.